The minimum absolute atomic E-state index is 0.260. The predicted octanol–water partition coefficient (Wildman–Crippen LogP) is 3.05. The Bertz CT molecular complexity index is 748. The molecule has 1 aliphatic heterocycles. The third kappa shape index (κ3) is 5.47. The summed E-state index contributed by atoms with van der Waals surface area (Å²) in [6.07, 6.45) is 3.33. The number of benzene rings is 1. The summed E-state index contributed by atoms with van der Waals surface area (Å²) in [5.41, 5.74) is 2.09. The maximum atomic E-state index is 5.63. The molecular formula is C20H28N4O3. The van der Waals surface area contributed by atoms with Crippen LogP contribution in [0.5, 0.6) is 11.5 Å². The first-order valence-corrected chi connectivity index (χ1v) is 9.34. The molecule has 1 aromatic heterocycles. The first-order chi connectivity index (χ1) is 13.2. The van der Waals surface area contributed by atoms with Crippen molar-refractivity contribution < 1.29 is 14.2 Å². The molecule has 2 aromatic rings. The highest BCUT2D eigenvalue weighted by atomic mass is 16.5. The van der Waals surface area contributed by atoms with Gasteiger partial charge < -0.3 is 24.8 Å². The van der Waals surface area contributed by atoms with Gasteiger partial charge in [-0.25, -0.2) is 4.98 Å². The molecule has 0 radical (unpaired) electrons. The van der Waals surface area contributed by atoms with Gasteiger partial charge in [0.25, 0.3) is 0 Å². The van der Waals surface area contributed by atoms with Crippen LogP contribution in [0.25, 0.3) is 0 Å². The van der Waals surface area contributed by atoms with E-state index in [1.54, 1.807) is 14.2 Å². The van der Waals surface area contributed by atoms with Crippen molar-refractivity contribution in [1.82, 2.24) is 9.97 Å². The van der Waals surface area contributed by atoms with Gasteiger partial charge in [0, 0.05) is 31.5 Å². The summed E-state index contributed by atoms with van der Waals surface area (Å²) >= 11 is 0. The van der Waals surface area contributed by atoms with Crippen molar-refractivity contribution in [3.8, 4) is 11.5 Å². The van der Waals surface area contributed by atoms with Crippen molar-refractivity contribution in [3.63, 3.8) is 0 Å². The first-order valence-electron chi connectivity index (χ1n) is 9.34. The zero-order valence-corrected chi connectivity index (χ0v) is 16.2. The third-order valence-corrected chi connectivity index (χ3v) is 4.53. The Kier molecular flexibility index (Phi) is 6.70. The number of anilines is 2. The van der Waals surface area contributed by atoms with Crippen molar-refractivity contribution in [3.05, 3.63) is 35.5 Å². The van der Waals surface area contributed by atoms with Gasteiger partial charge in [-0.15, -0.1) is 0 Å². The van der Waals surface area contributed by atoms with Crippen LogP contribution < -0.4 is 20.1 Å². The van der Waals surface area contributed by atoms with Gasteiger partial charge in [-0.3, -0.25) is 0 Å². The number of hydrogen-bond donors (Lipinski definition) is 2. The molecule has 146 valence electrons. The van der Waals surface area contributed by atoms with Crippen LogP contribution in [0.1, 0.15) is 24.1 Å². The van der Waals surface area contributed by atoms with Crippen LogP contribution in [-0.4, -0.2) is 50.0 Å². The largest absolute Gasteiger partial charge is 0.493 e. The van der Waals surface area contributed by atoms with Crippen molar-refractivity contribution in [1.29, 1.82) is 0 Å². The zero-order chi connectivity index (χ0) is 19.1. The number of nitrogens with one attached hydrogen (secondary N) is 2. The smallest absolute Gasteiger partial charge is 0.224 e. The Hall–Kier alpha value is -2.54. The summed E-state index contributed by atoms with van der Waals surface area (Å²) < 4.78 is 16.3. The van der Waals surface area contributed by atoms with Crippen LogP contribution >= 0.6 is 0 Å². The van der Waals surface area contributed by atoms with E-state index in [1.807, 2.05) is 31.2 Å². The second-order valence-electron chi connectivity index (χ2n) is 6.60. The molecule has 1 aliphatic rings. The monoisotopic (exact) mass is 372 g/mol. The van der Waals surface area contributed by atoms with E-state index in [1.165, 1.54) is 5.56 Å². The Labute approximate surface area is 160 Å². The van der Waals surface area contributed by atoms with E-state index in [-0.39, 0.29) is 6.10 Å². The van der Waals surface area contributed by atoms with Crippen LogP contribution in [0, 0.1) is 6.92 Å². The van der Waals surface area contributed by atoms with E-state index in [9.17, 15) is 0 Å². The standard InChI is InChI=1S/C20H28N4O3/c1-14-11-19(24-20(23-14)22-13-16-5-4-10-27-16)21-9-8-15-6-7-17(25-2)18(12-15)26-3/h6-7,11-12,16H,4-5,8-10,13H2,1-3H3,(H2,21,22,23,24). The van der Waals surface area contributed by atoms with E-state index in [0.29, 0.717) is 5.95 Å². The lowest BCUT2D eigenvalue weighted by Gasteiger charge is -2.13. The van der Waals surface area contributed by atoms with Crippen LogP contribution in [0.15, 0.2) is 24.3 Å². The fraction of sp³-hybridized carbons (Fsp3) is 0.500. The molecule has 2 N–H and O–H groups in total. The highest BCUT2D eigenvalue weighted by molar-refractivity contribution is 5.44. The number of rotatable bonds is 9. The molecule has 1 atom stereocenters. The fourth-order valence-corrected chi connectivity index (χ4v) is 3.12. The molecular weight excluding hydrogens is 344 g/mol. The van der Waals surface area contributed by atoms with E-state index in [4.69, 9.17) is 14.2 Å². The van der Waals surface area contributed by atoms with Crippen molar-refractivity contribution in [2.45, 2.75) is 32.3 Å². The van der Waals surface area contributed by atoms with Crippen molar-refractivity contribution in [2.75, 3.05) is 44.5 Å². The summed E-state index contributed by atoms with van der Waals surface area (Å²) in [6, 6.07) is 7.92. The summed E-state index contributed by atoms with van der Waals surface area (Å²) in [6.45, 7) is 4.33. The van der Waals surface area contributed by atoms with Gasteiger partial charge in [-0.05, 0) is 43.9 Å². The van der Waals surface area contributed by atoms with Crippen molar-refractivity contribution in [2.24, 2.45) is 0 Å². The topological polar surface area (TPSA) is 77.5 Å². The van der Waals surface area contributed by atoms with Gasteiger partial charge in [-0.1, -0.05) is 6.07 Å². The summed E-state index contributed by atoms with van der Waals surface area (Å²) in [5, 5.41) is 6.66. The molecule has 1 saturated heterocycles. The van der Waals surface area contributed by atoms with E-state index in [2.05, 4.69) is 20.6 Å². The van der Waals surface area contributed by atoms with Gasteiger partial charge in [0.15, 0.2) is 11.5 Å². The summed E-state index contributed by atoms with van der Waals surface area (Å²) in [5.74, 6) is 2.94. The minimum Gasteiger partial charge on any atom is -0.493 e. The van der Waals surface area contributed by atoms with Crippen LogP contribution in [0.2, 0.25) is 0 Å². The van der Waals surface area contributed by atoms with Gasteiger partial charge in [0.05, 0.1) is 20.3 Å². The van der Waals surface area contributed by atoms with E-state index in [0.717, 1.165) is 62.0 Å². The average molecular weight is 372 g/mol. The second-order valence-corrected chi connectivity index (χ2v) is 6.60. The van der Waals surface area contributed by atoms with Crippen LogP contribution in [0.4, 0.5) is 11.8 Å². The molecule has 27 heavy (non-hydrogen) atoms. The first kappa shape index (κ1) is 19.2. The van der Waals surface area contributed by atoms with E-state index >= 15 is 0 Å². The molecule has 0 spiro atoms. The molecule has 7 heteroatoms. The number of methoxy groups -OCH3 is 2. The number of aromatic nitrogens is 2. The molecule has 3 rings (SSSR count). The maximum Gasteiger partial charge on any atom is 0.224 e. The van der Waals surface area contributed by atoms with E-state index < -0.39 is 0 Å². The van der Waals surface area contributed by atoms with Gasteiger partial charge in [0.1, 0.15) is 5.82 Å². The number of ether oxygens (including phenoxy) is 3. The molecule has 0 amide bonds. The predicted molar refractivity (Wildman–Crippen MR) is 106 cm³/mol. The molecule has 0 bridgehead atoms. The highest BCUT2D eigenvalue weighted by Crippen LogP contribution is 2.27. The second kappa shape index (κ2) is 9.41. The van der Waals surface area contributed by atoms with Crippen LogP contribution in [0.3, 0.4) is 0 Å². The van der Waals surface area contributed by atoms with Gasteiger partial charge in [0.2, 0.25) is 5.95 Å². The third-order valence-electron chi connectivity index (χ3n) is 4.53. The number of aryl methyl sites for hydroxylation is 1. The molecule has 0 saturated carbocycles. The minimum atomic E-state index is 0.260. The Morgan fingerprint density at radius 1 is 1.11 bits per heavy atom. The normalized spacial score (nSPS) is 16.2. The maximum absolute atomic E-state index is 5.63. The fourth-order valence-electron chi connectivity index (χ4n) is 3.12. The average Bonchev–Trinajstić information content (AvgIpc) is 3.19. The molecule has 2 heterocycles. The lowest BCUT2D eigenvalue weighted by atomic mass is 10.1. The summed E-state index contributed by atoms with van der Waals surface area (Å²) in [7, 11) is 3.29. The van der Waals surface area contributed by atoms with Gasteiger partial charge >= 0.3 is 0 Å². The quantitative estimate of drug-likeness (QED) is 0.700. The number of nitrogens with zero attached hydrogens (tertiary/aromatic N) is 2. The highest BCUT2D eigenvalue weighted by Gasteiger charge is 2.15. The Morgan fingerprint density at radius 2 is 1.96 bits per heavy atom. The molecule has 1 aromatic carbocycles. The van der Waals surface area contributed by atoms with Gasteiger partial charge in [-0.2, -0.15) is 4.98 Å². The zero-order valence-electron chi connectivity index (χ0n) is 16.2. The van der Waals surface area contributed by atoms with Crippen LogP contribution in [-0.2, 0) is 11.2 Å². The molecule has 7 nitrogen and oxygen atoms in total. The lowest BCUT2D eigenvalue weighted by molar-refractivity contribution is 0.120. The molecule has 0 aliphatic carbocycles. The van der Waals surface area contributed by atoms with Crippen molar-refractivity contribution >= 4 is 11.8 Å². The Balaban J connectivity index is 1.54. The molecule has 1 fully saturated rings. The number of hydrogen-bond acceptors (Lipinski definition) is 7. The Morgan fingerprint density at radius 3 is 2.70 bits per heavy atom. The lowest BCUT2D eigenvalue weighted by Crippen LogP contribution is -2.20. The SMILES string of the molecule is COc1ccc(CCNc2cc(C)nc(NCC3CCCO3)n2)cc1OC. The molecule has 1 unspecified atom stereocenters. The summed E-state index contributed by atoms with van der Waals surface area (Å²) in [4.78, 5) is 9.01.